The van der Waals surface area contributed by atoms with Crippen molar-refractivity contribution in [3.05, 3.63) is 71.3 Å². The second-order valence-corrected chi connectivity index (χ2v) is 6.34. The van der Waals surface area contributed by atoms with E-state index in [1.165, 1.54) is 0 Å². The molecule has 2 rings (SSSR count). The highest BCUT2D eigenvalue weighted by Gasteiger charge is 2.11. The molecule has 6 heteroatoms. The molecule has 6 nitrogen and oxygen atoms in total. The largest absolute Gasteiger partial charge is 0.375 e. The summed E-state index contributed by atoms with van der Waals surface area (Å²) in [6.45, 7) is 1.22. The molecule has 0 saturated heterocycles. The van der Waals surface area contributed by atoms with E-state index in [1.807, 2.05) is 54.6 Å². The Labute approximate surface area is 161 Å². The summed E-state index contributed by atoms with van der Waals surface area (Å²) < 4.78 is 5.57. The molecule has 0 aromatic heterocycles. The summed E-state index contributed by atoms with van der Waals surface area (Å²) >= 11 is 0. The van der Waals surface area contributed by atoms with Gasteiger partial charge in [0.15, 0.2) is 5.96 Å². The molecule has 0 bridgehead atoms. The van der Waals surface area contributed by atoms with Gasteiger partial charge in [-0.15, -0.1) is 0 Å². The van der Waals surface area contributed by atoms with E-state index in [-0.39, 0.29) is 12.0 Å². The van der Waals surface area contributed by atoms with Crippen LogP contribution in [0.3, 0.4) is 0 Å². The first-order valence-corrected chi connectivity index (χ1v) is 8.88. The molecule has 0 heterocycles. The molecule has 2 N–H and O–H groups in total. The first kappa shape index (κ1) is 20.5. The molecule has 0 aliphatic carbocycles. The van der Waals surface area contributed by atoms with Gasteiger partial charge in [0.25, 0.3) is 5.91 Å². The lowest BCUT2D eigenvalue weighted by Crippen LogP contribution is -2.39. The number of amides is 1. The van der Waals surface area contributed by atoms with Crippen molar-refractivity contribution in [1.82, 2.24) is 15.5 Å². The van der Waals surface area contributed by atoms with Crippen LogP contribution in [-0.2, 0) is 11.3 Å². The van der Waals surface area contributed by atoms with Crippen LogP contribution in [0.4, 0.5) is 0 Å². The van der Waals surface area contributed by atoms with Gasteiger partial charge in [-0.1, -0.05) is 42.5 Å². The van der Waals surface area contributed by atoms with Gasteiger partial charge in [0, 0.05) is 46.9 Å². The Bertz CT molecular complexity index is 743. The molecule has 0 fully saturated rings. The van der Waals surface area contributed by atoms with Crippen LogP contribution in [0.15, 0.2) is 59.6 Å². The lowest BCUT2D eigenvalue weighted by molar-refractivity contribution is 0.0827. The lowest BCUT2D eigenvalue weighted by atomic mass is 10.1. The molecule has 1 unspecified atom stereocenters. The number of hydrogen-bond donors (Lipinski definition) is 2. The van der Waals surface area contributed by atoms with Gasteiger partial charge < -0.3 is 20.3 Å². The maximum absolute atomic E-state index is 11.9. The third-order valence-electron chi connectivity index (χ3n) is 4.20. The average Bonchev–Trinajstić information content (AvgIpc) is 2.71. The van der Waals surface area contributed by atoms with Crippen molar-refractivity contribution in [3.8, 4) is 0 Å². The lowest BCUT2D eigenvalue weighted by Gasteiger charge is -2.19. The maximum atomic E-state index is 11.9. The van der Waals surface area contributed by atoms with Crippen LogP contribution in [-0.4, -0.2) is 51.6 Å². The number of nitrogens with one attached hydrogen (secondary N) is 2. The minimum absolute atomic E-state index is 0.00138. The quantitative estimate of drug-likeness (QED) is 0.582. The zero-order chi connectivity index (χ0) is 19.6. The number of benzene rings is 2. The summed E-state index contributed by atoms with van der Waals surface area (Å²) in [5.41, 5.74) is 2.86. The molecule has 1 amide bonds. The standard InChI is InChI=1S/C21H28N4O2/c1-22-21(24-15-19(27-4)17-8-6-5-7-9-17)23-14-16-10-12-18(13-11-16)20(26)25(2)3/h5-13,19H,14-15H2,1-4H3,(H2,22,23,24). The van der Waals surface area contributed by atoms with Gasteiger partial charge in [-0.3, -0.25) is 9.79 Å². The summed E-state index contributed by atoms with van der Waals surface area (Å²) in [5.74, 6) is 0.694. The smallest absolute Gasteiger partial charge is 0.253 e. The zero-order valence-electron chi connectivity index (χ0n) is 16.4. The van der Waals surface area contributed by atoms with Crippen LogP contribution in [0.5, 0.6) is 0 Å². The Morgan fingerprint density at radius 2 is 1.74 bits per heavy atom. The molecule has 2 aromatic rings. The van der Waals surface area contributed by atoms with E-state index in [4.69, 9.17) is 4.74 Å². The Morgan fingerprint density at radius 3 is 2.30 bits per heavy atom. The fourth-order valence-electron chi connectivity index (χ4n) is 2.62. The Morgan fingerprint density at radius 1 is 1.07 bits per heavy atom. The molecule has 0 spiro atoms. The summed E-state index contributed by atoms with van der Waals surface area (Å²) in [6.07, 6.45) is -0.0546. The van der Waals surface area contributed by atoms with Crippen molar-refractivity contribution in [1.29, 1.82) is 0 Å². The molecule has 0 radical (unpaired) electrons. The van der Waals surface area contributed by atoms with Crippen LogP contribution in [0, 0.1) is 0 Å². The van der Waals surface area contributed by atoms with Gasteiger partial charge in [0.2, 0.25) is 0 Å². The van der Waals surface area contributed by atoms with Gasteiger partial charge in [0.05, 0.1) is 6.10 Å². The molecule has 0 saturated carbocycles. The highest BCUT2D eigenvalue weighted by Crippen LogP contribution is 2.14. The van der Waals surface area contributed by atoms with Crippen molar-refractivity contribution in [2.75, 3.05) is 34.8 Å². The molecular weight excluding hydrogens is 340 g/mol. The fraction of sp³-hybridized carbons (Fsp3) is 0.333. The maximum Gasteiger partial charge on any atom is 0.253 e. The molecule has 0 aliphatic rings. The fourth-order valence-corrected chi connectivity index (χ4v) is 2.62. The summed E-state index contributed by atoms with van der Waals surface area (Å²) in [5, 5.41) is 6.56. The minimum Gasteiger partial charge on any atom is -0.375 e. The molecular formula is C21H28N4O2. The predicted octanol–water partition coefficient (Wildman–Crippen LogP) is 2.44. The number of carbonyl (C=O) groups is 1. The topological polar surface area (TPSA) is 66.0 Å². The Kier molecular flexibility index (Phi) is 7.82. The van der Waals surface area contributed by atoms with E-state index >= 15 is 0 Å². The van der Waals surface area contributed by atoms with Crippen LogP contribution in [0.1, 0.15) is 27.6 Å². The number of rotatable bonds is 7. The Balaban J connectivity index is 1.87. The first-order chi connectivity index (χ1) is 13.0. The third kappa shape index (κ3) is 6.11. The molecule has 1 atom stereocenters. The van der Waals surface area contributed by atoms with Crippen LogP contribution < -0.4 is 10.6 Å². The van der Waals surface area contributed by atoms with Crippen molar-refractivity contribution in [2.24, 2.45) is 4.99 Å². The first-order valence-electron chi connectivity index (χ1n) is 8.88. The van der Waals surface area contributed by atoms with Gasteiger partial charge in [-0.25, -0.2) is 0 Å². The number of methoxy groups -OCH3 is 1. The molecule has 0 aliphatic heterocycles. The van der Waals surface area contributed by atoms with Gasteiger partial charge in [-0.2, -0.15) is 0 Å². The van der Waals surface area contributed by atoms with E-state index in [1.54, 1.807) is 33.2 Å². The predicted molar refractivity (Wildman–Crippen MR) is 109 cm³/mol. The van der Waals surface area contributed by atoms with Crippen molar-refractivity contribution in [3.63, 3.8) is 0 Å². The van der Waals surface area contributed by atoms with Crippen LogP contribution >= 0.6 is 0 Å². The number of hydrogen-bond acceptors (Lipinski definition) is 3. The van der Waals surface area contributed by atoms with Crippen molar-refractivity contribution < 1.29 is 9.53 Å². The van der Waals surface area contributed by atoms with Crippen molar-refractivity contribution >= 4 is 11.9 Å². The molecule has 2 aromatic carbocycles. The zero-order valence-corrected chi connectivity index (χ0v) is 16.4. The number of carbonyl (C=O) groups excluding carboxylic acids is 1. The monoisotopic (exact) mass is 368 g/mol. The van der Waals surface area contributed by atoms with E-state index in [2.05, 4.69) is 15.6 Å². The van der Waals surface area contributed by atoms with E-state index in [0.717, 1.165) is 11.1 Å². The SMILES string of the molecule is CN=C(NCc1ccc(C(=O)N(C)C)cc1)NCC(OC)c1ccccc1. The van der Waals surface area contributed by atoms with Gasteiger partial charge >= 0.3 is 0 Å². The minimum atomic E-state index is -0.0546. The van der Waals surface area contributed by atoms with Crippen molar-refractivity contribution in [2.45, 2.75) is 12.6 Å². The van der Waals surface area contributed by atoms with Crippen LogP contribution in [0.25, 0.3) is 0 Å². The van der Waals surface area contributed by atoms with E-state index in [9.17, 15) is 4.79 Å². The summed E-state index contributed by atoms with van der Waals surface area (Å²) in [4.78, 5) is 17.7. The third-order valence-corrected chi connectivity index (χ3v) is 4.20. The van der Waals surface area contributed by atoms with Gasteiger partial charge in [-0.05, 0) is 23.3 Å². The average molecular weight is 368 g/mol. The highest BCUT2D eigenvalue weighted by atomic mass is 16.5. The second kappa shape index (κ2) is 10.3. The normalized spacial score (nSPS) is 12.4. The number of guanidine groups is 1. The summed E-state index contributed by atoms with van der Waals surface area (Å²) in [6, 6.07) is 17.6. The summed E-state index contributed by atoms with van der Waals surface area (Å²) in [7, 11) is 6.93. The number of ether oxygens (including phenoxy) is 1. The van der Waals surface area contributed by atoms with Gasteiger partial charge in [0.1, 0.15) is 0 Å². The number of nitrogens with zero attached hydrogens (tertiary/aromatic N) is 2. The van der Waals surface area contributed by atoms with E-state index in [0.29, 0.717) is 24.6 Å². The highest BCUT2D eigenvalue weighted by molar-refractivity contribution is 5.93. The molecule has 144 valence electrons. The Hall–Kier alpha value is -2.86. The molecule has 27 heavy (non-hydrogen) atoms. The second-order valence-electron chi connectivity index (χ2n) is 6.34. The number of aliphatic imine (C=N–C) groups is 1. The van der Waals surface area contributed by atoms with Crippen LogP contribution in [0.2, 0.25) is 0 Å². The van der Waals surface area contributed by atoms with E-state index < -0.39 is 0 Å².